The molecule has 9 aromatic carbocycles. The van der Waals surface area contributed by atoms with E-state index < -0.39 is 0 Å². The summed E-state index contributed by atoms with van der Waals surface area (Å²) < 4.78 is 0. The Bertz CT molecular complexity index is 2830. The highest BCUT2D eigenvalue weighted by molar-refractivity contribution is 6.20. The van der Waals surface area contributed by atoms with E-state index in [1.165, 1.54) is 65.7 Å². The molecule has 0 unspecified atom stereocenters. The van der Waals surface area contributed by atoms with Crippen molar-refractivity contribution in [2.24, 2.45) is 0 Å². The fraction of sp³-hybridized carbons (Fsp3) is 0. The number of hydrogen-bond donors (Lipinski definition) is 0. The van der Waals surface area contributed by atoms with E-state index in [4.69, 9.17) is 9.97 Å². The van der Waals surface area contributed by atoms with Crippen molar-refractivity contribution >= 4 is 32.3 Å². The molecule has 0 amide bonds. The standard InChI is InChI=1S/C52H34N2/c1-3-11-35(12-4-1)37-19-23-40(24-20-37)49-34-50(41-25-21-38(22-26-41)36-13-5-2-6-14-36)54-52(53-49)43-29-27-42(28-30-43)51-46-18-10-8-16-44(46)33-48-45-17-9-7-15-39(45)31-32-47(48)51/h1-34H. The maximum Gasteiger partial charge on any atom is 0.160 e. The van der Waals surface area contributed by atoms with Crippen LogP contribution in [0.2, 0.25) is 0 Å². The Morgan fingerprint density at radius 1 is 0.241 bits per heavy atom. The van der Waals surface area contributed by atoms with Crippen molar-refractivity contribution in [1.29, 1.82) is 0 Å². The van der Waals surface area contributed by atoms with Gasteiger partial charge in [0.05, 0.1) is 11.4 Å². The molecule has 2 heteroatoms. The fourth-order valence-corrected chi connectivity index (χ4v) is 7.72. The van der Waals surface area contributed by atoms with Crippen molar-refractivity contribution in [2.45, 2.75) is 0 Å². The summed E-state index contributed by atoms with van der Waals surface area (Å²) in [4.78, 5) is 10.4. The molecule has 0 saturated carbocycles. The second-order valence-corrected chi connectivity index (χ2v) is 13.8. The third-order valence-corrected chi connectivity index (χ3v) is 10.5. The van der Waals surface area contributed by atoms with Crippen molar-refractivity contribution < 1.29 is 0 Å². The summed E-state index contributed by atoms with van der Waals surface area (Å²) in [7, 11) is 0. The molecule has 0 aliphatic heterocycles. The van der Waals surface area contributed by atoms with Gasteiger partial charge in [0.2, 0.25) is 0 Å². The Kier molecular flexibility index (Phi) is 7.85. The molecule has 1 aromatic heterocycles. The van der Waals surface area contributed by atoms with Crippen molar-refractivity contribution in [3.05, 3.63) is 206 Å². The normalized spacial score (nSPS) is 11.3. The SMILES string of the molecule is c1ccc(-c2ccc(-c3cc(-c4ccc(-c5ccccc5)cc4)nc(-c4ccc(-c5c6ccccc6cc6c5ccc5ccccc56)cc4)n3)cc2)cc1. The number of benzene rings is 9. The van der Waals surface area contributed by atoms with E-state index in [-0.39, 0.29) is 0 Å². The predicted molar refractivity (Wildman–Crippen MR) is 227 cm³/mol. The first-order valence-electron chi connectivity index (χ1n) is 18.4. The van der Waals surface area contributed by atoms with Gasteiger partial charge in [-0.2, -0.15) is 0 Å². The van der Waals surface area contributed by atoms with Gasteiger partial charge in [0, 0.05) is 16.7 Å². The number of rotatable bonds is 6. The predicted octanol–water partition coefficient (Wildman–Crippen LogP) is 13.9. The van der Waals surface area contributed by atoms with Crippen LogP contribution >= 0.6 is 0 Å². The average molecular weight is 687 g/mol. The van der Waals surface area contributed by atoms with Crippen LogP contribution in [0.3, 0.4) is 0 Å². The highest BCUT2D eigenvalue weighted by Crippen LogP contribution is 2.40. The molecule has 0 N–H and O–H groups in total. The van der Waals surface area contributed by atoms with Crippen LogP contribution < -0.4 is 0 Å². The van der Waals surface area contributed by atoms with Gasteiger partial charge in [0.15, 0.2) is 5.82 Å². The van der Waals surface area contributed by atoms with Gasteiger partial charge in [-0.1, -0.05) is 194 Å². The second kappa shape index (κ2) is 13.4. The second-order valence-electron chi connectivity index (χ2n) is 13.8. The molecule has 0 aliphatic carbocycles. The average Bonchev–Trinajstić information content (AvgIpc) is 3.26. The Balaban J connectivity index is 1.09. The van der Waals surface area contributed by atoms with Crippen LogP contribution in [0.15, 0.2) is 206 Å². The van der Waals surface area contributed by atoms with Crippen LogP contribution in [0, 0.1) is 0 Å². The molecule has 0 atom stereocenters. The third-order valence-electron chi connectivity index (χ3n) is 10.5. The molecular weight excluding hydrogens is 653 g/mol. The van der Waals surface area contributed by atoms with Crippen molar-refractivity contribution in [3.63, 3.8) is 0 Å². The topological polar surface area (TPSA) is 25.8 Å². The monoisotopic (exact) mass is 686 g/mol. The molecule has 0 radical (unpaired) electrons. The van der Waals surface area contributed by atoms with E-state index in [1.54, 1.807) is 0 Å². The van der Waals surface area contributed by atoms with Gasteiger partial charge in [-0.05, 0) is 77.8 Å². The number of nitrogens with zero attached hydrogens (tertiary/aromatic N) is 2. The molecule has 252 valence electrons. The summed E-state index contributed by atoms with van der Waals surface area (Å²) in [6, 6.07) is 73.4. The lowest BCUT2D eigenvalue weighted by atomic mass is 9.89. The summed E-state index contributed by atoms with van der Waals surface area (Å²) in [5.41, 5.74) is 12.0. The van der Waals surface area contributed by atoms with Gasteiger partial charge in [-0.15, -0.1) is 0 Å². The van der Waals surface area contributed by atoms with Gasteiger partial charge in [-0.25, -0.2) is 9.97 Å². The van der Waals surface area contributed by atoms with Gasteiger partial charge >= 0.3 is 0 Å². The molecular formula is C52H34N2. The molecule has 0 fully saturated rings. The van der Waals surface area contributed by atoms with Gasteiger partial charge < -0.3 is 0 Å². The molecule has 10 rings (SSSR count). The minimum atomic E-state index is 0.696. The first-order chi connectivity index (χ1) is 26.7. The third kappa shape index (κ3) is 5.81. The number of fused-ring (bicyclic) bond motifs is 4. The molecule has 10 aromatic rings. The molecule has 1 heterocycles. The van der Waals surface area contributed by atoms with Crippen LogP contribution in [-0.2, 0) is 0 Å². The van der Waals surface area contributed by atoms with Gasteiger partial charge in [-0.3, -0.25) is 0 Å². The minimum absolute atomic E-state index is 0.696. The zero-order valence-electron chi connectivity index (χ0n) is 29.5. The van der Waals surface area contributed by atoms with E-state index in [9.17, 15) is 0 Å². The van der Waals surface area contributed by atoms with Crippen molar-refractivity contribution in [2.75, 3.05) is 0 Å². The molecule has 0 bridgehead atoms. The van der Waals surface area contributed by atoms with Crippen LogP contribution in [0.1, 0.15) is 0 Å². The van der Waals surface area contributed by atoms with E-state index in [1.807, 2.05) is 12.1 Å². The molecule has 0 saturated heterocycles. The van der Waals surface area contributed by atoms with Crippen LogP contribution in [0.25, 0.3) is 99.6 Å². The lowest BCUT2D eigenvalue weighted by Gasteiger charge is -2.15. The number of hydrogen-bond acceptors (Lipinski definition) is 2. The summed E-state index contributed by atoms with van der Waals surface area (Å²) in [5.74, 6) is 0.696. The van der Waals surface area contributed by atoms with E-state index in [0.29, 0.717) is 5.82 Å². The fourth-order valence-electron chi connectivity index (χ4n) is 7.72. The Morgan fingerprint density at radius 3 is 1.28 bits per heavy atom. The first-order valence-corrected chi connectivity index (χ1v) is 18.4. The minimum Gasteiger partial charge on any atom is -0.228 e. The first kappa shape index (κ1) is 31.6. The smallest absolute Gasteiger partial charge is 0.160 e. The molecule has 0 aliphatic rings. The van der Waals surface area contributed by atoms with Crippen molar-refractivity contribution in [1.82, 2.24) is 9.97 Å². The van der Waals surface area contributed by atoms with Gasteiger partial charge in [0.1, 0.15) is 0 Å². The lowest BCUT2D eigenvalue weighted by molar-refractivity contribution is 1.18. The van der Waals surface area contributed by atoms with Gasteiger partial charge in [0.25, 0.3) is 0 Å². The van der Waals surface area contributed by atoms with Crippen LogP contribution in [-0.4, -0.2) is 9.97 Å². The van der Waals surface area contributed by atoms with Crippen molar-refractivity contribution in [3.8, 4) is 67.3 Å². The largest absolute Gasteiger partial charge is 0.228 e. The molecule has 2 nitrogen and oxygen atoms in total. The molecule has 0 spiro atoms. The van der Waals surface area contributed by atoms with E-state index >= 15 is 0 Å². The Morgan fingerprint density at radius 2 is 0.685 bits per heavy atom. The summed E-state index contributed by atoms with van der Waals surface area (Å²) >= 11 is 0. The summed E-state index contributed by atoms with van der Waals surface area (Å²) in [6.07, 6.45) is 0. The highest BCUT2D eigenvalue weighted by atomic mass is 14.9. The number of aromatic nitrogens is 2. The maximum absolute atomic E-state index is 5.19. The summed E-state index contributed by atoms with van der Waals surface area (Å²) in [6.45, 7) is 0. The zero-order valence-corrected chi connectivity index (χ0v) is 29.5. The van der Waals surface area contributed by atoms with E-state index in [0.717, 1.165) is 28.1 Å². The summed E-state index contributed by atoms with van der Waals surface area (Å²) in [5, 5.41) is 7.51. The molecule has 54 heavy (non-hydrogen) atoms. The zero-order chi connectivity index (χ0) is 35.8. The quantitative estimate of drug-likeness (QED) is 0.129. The maximum atomic E-state index is 5.19. The van der Waals surface area contributed by atoms with Crippen LogP contribution in [0.4, 0.5) is 0 Å². The Labute approximate surface area is 314 Å². The van der Waals surface area contributed by atoms with E-state index in [2.05, 4.69) is 194 Å². The highest BCUT2D eigenvalue weighted by Gasteiger charge is 2.15. The van der Waals surface area contributed by atoms with Crippen LogP contribution in [0.5, 0.6) is 0 Å². The Hall–Kier alpha value is -7.16. The lowest BCUT2D eigenvalue weighted by Crippen LogP contribution is -1.96.